The number of nitrogens with zero attached hydrogens (tertiary/aromatic N) is 1. The van der Waals surface area contributed by atoms with E-state index in [2.05, 4.69) is 5.32 Å². The normalized spacial score (nSPS) is 28.6. The number of hydrogen-bond acceptors (Lipinski definition) is 8. The molecule has 1 aromatic rings. The maximum atomic E-state index is 13.6. The van der Waals surface area contributed by atoms with Crippen molar-refractivity contribution in [2.24, 2.45) is 11.3 Å². The molecule has 11 nitrogen and oxygen atoms in total. The van der Waals surface area contributed by atoms with Crippen LogP contribution in [0.3, 0.4) is 0 Å². The van der Waals surface area contributed by atoms with Gasteiger partial charge in [0.25, 0.3) is 11.6 Å². The molecule has 4 atom stereocenters. The van der Waals surface area contributed by atoms with E-state index in [1.165, 1.54) is 31.2 Å². The summed E-state index contributed by atoms with van der Waals surface area (Å²) in [7, 11) is 0. The molecule has 2 fully saturated rings. The Kier molecular flexibility index (Phi) is 11.3. The summed E-state index contributed by atoms with van der Waals surface area (Å²) in [6.07, 6.45) is 7.72. The standard InChI is InChI=1S/C28H30N2O9.ClH.K/c1-17(23(32)29-20-6-8-21(9-7-20)30(36)37)5-4-13-26(3)22-12-15-27(25(35)39-26)14-10-19(24(33)34)11-16-28(22,27)38-18(2)31;;/h4-10,13,22H,11-12,14-16H2,1-3H3,(H,29,32)(H,33,34);1H;/q;;+1/p-1/b13-4+,17-5+;;/t22-,26+,27+,28-;;/m0../s1. The zero-order chi connectivity index (χ0) is 28.6. The first-order valence-corrected chi connectivity index (χ1v) is 12.6. The Labute approximate surface area is 285 Å². The number of allylic oxidation sites excluding steroid dienone is 3. The van der Waals surface area contributed by atoms with E-state index in [1.54, 1.807) is 38.2 Å². The van der Waals surface area contributed by atoms with Crippen LogP contribution in [0.15, 0.2) is 59.7 Å². The van der Waals surface area contributed by atoms with Gasteiger partial charge in [-0.3, -0.25) is 24.5 Å². The van der Waals surface area contributed by atoms with Crippen molar-refractivity contribution in [2.75, 3.05) is 5.32 Å². The molecule has 0 radical (unpaired) electrons. The molecule has 4 rings (SSSR count). The van der Waals surface area contributed by atoms with Crippen LogP contribution in [-0.2, 0) is 28.7 Å². The summed E-state index contributed by atoms with van der Waals surface area (Å²) in [6, 6.07) is 5.44. The average Bonchev–Trinajstić information content (AvgIpc) is 3.00. The molecule has 13 heteroatoms. The molecular weight excluding hydrogens is 583 g/mol. The first-order chi connectivity index (χ1) is 18.3. The number of non-ortho nitro benzene ring substituents is 1. The van der Waals surface area contributed by atoms with Gasteiger partial charge in [0.05, 0.1) is 4.92 Å². The summed E-state index contributed by atoms with van der Waals surface area (Å²) in [5, 5.41) is 23.0. The van der Waals surface area contributed by atoms with Crippen molar-refractivity contribution in [2.45, 2.75) is 64.1 Å². The molecule has 0 spiro atoms. The monoisotopic (exact) mass is 612 g/mol. The van der Waals surface area contributed by atoms with Crippen molar-refractivity contribution in [3.8, 4) is 0 Å². The third-order valence-electron chi connectivity index (χ3n) is 8.16. The van der Waals surface area contributed by atoms with Gasteiger partial charge in [-0.1, -0.05) is 18.2 Å². The number of nitrogens with one attached hydrogen (secondary N) is 1. The molecule has 3 aliphatic rings. The summed E-state index contributed by atoms with van der Waals surface area (Å²) in [4.78, 5) is 60.5. The van der Waals surface area contributed by atoms with Gasteiger partial charge in [0.1, 0.15) is 16.6 Å². The van der Waals surface area contributed by atoms with Crippen LogP contribution < -0.4 is 69.1 Å². The number of cyclic esters (lactones) is 1. The van der Waals surface area contributed by atoms with Crippen LogP contribution in [0.25, 0.3) is 0 Å². The number of esters is 2. The quantitative estimate of drug-likeness (QED) is 0.0908. The van der Waals surface area contributed by atoms with Gasteiger partial charge in [-0.25, -0.2) is 4.79 Å². The van der Waals surface area contributed by atoms with Crippen LogP contribution in [-0.4, -0.2) is 45.0 Å². The van der Waals surface area contributed by atoms with E-state index < -0.39 is 51.3 Å². The maximum Gasteiger partial charge on any atom is 1.00 e. The number of nitro benzene ring substituents is 1. The van der Waals surface area contributed by atoms with Gasteiger partial charge in [0.2, 0.25) is 0 Å². The van der Waals surface area contributed by atoms with E-state index in [9.17, 15) is 34.4 Å². The molecule has 1 heterocycles. The predicted molar refractivity (Wildman–Crippen MR) is 138 cm³/mol. The van der Waals surface area contributed by atoms with Gasteiger partial charge < -0.3 is 32.3 Å². The first-order valence-electron chi connectivity index (χ1n) is 12.6. The molecule has 2 N–H and O–H groups in total. The minimum Gasteiger partial charge on any atom is -1.00 e. The number of amides is 1. The number of ether oxygens (including phenoxy) is 2. The summed E-state index contributed by atoms with van der Waals surface area (Å²) in [6.45, 7) is 4.59. The number of hydrogen-bond donors (Lipinski definition) is 2. The number of halogens is 1. The fourth-order valence-corrected chi connectivity index (χ4v) is 6.23. The molecule has 0 unspecified atom stereocenters. The van der Waals surface area contributed by atoms with E-state index in [-0.39, 0.29) is 94.3 Å². The van der Waals surface area contributed by atoms with Crippen molar-refractivity contribution >= 4 is 35.2 Å². The van der Waals surface area contributed by atoms with Gasteiger partial charge >= 0.3 is 69.3 Å². The minimum atomic E-state index is -1.23. The van der Waals surface area contributed by atoms with Crippen LogP contribution in [0.5, 0.6) is 0 Å². The number of anilines is 1. The van der Waals surface area contributed by atoms with Crippen LogP contribution in [0, 0.1) is 21.4 Å². The van der Waals surface area contributed by atoms with Crippen LogP contribution in [0.1, 0.15) is 52.9 Å². The Hall–Kier alpha value is -2.35. The van der Waals surface area contributed by atoms with E-state index in [4.69, 9.17) is 9.47 Å². The number of rotatable bonds is 7. The predicted octanol–water partition coefficient (Wildman–Crippen LogP) is -1.75. The van der Waals surface area contributed by atoms with Gasteiger partial charge in [0.15, 0.2) is 0 Å². The molecule has 1 aliphatic heterocycles. The van der Waals surface area contributed by atoms with Crippen molar-refractivity contribution in [1.29, 1.82) is 0 Å². The zero-order valence-corrected chi connectivity index (χ0v) is 27.1. The van der Waals surface area contributed by atoms with E-state index in [1.807, 2.05) is 0 Å². The number of nitro groups is 1. The number of carbonyl (C=O) groups is 4. The Bertz CT molecular complexity index is 1340. The van der Waals surface area contributed by atoms with Crippen molar-refractivity contribution < 1.29 is 102 Å². The van der Waals surface area contributed by atoms with E-state index in [0.717, 1.165) is 0 Å². The second-order valence-electron chi connectivity index (χ2n) is 10.4. The topological polar surface area (TPSA) is 162 Å². The molecule has 1 amide bonds. The molecule has 41 heavy (non-hydrogen) atoms. The van der Waals surface area contributed by atoms with Crippen LogP contribution >= 0.6 is 0 Å². The SMILES string of the molecule is CC(=O)O[C@]12CCC(C(=O)O)=CC[C@]13CC[C@H]2[C@@](C)(/C=C/C=C(\C)C(=O)Nc1ccc([N+](=O)[O-])cc1)OC3=O.[Cl-].[K+]. The zero-order valence-electron chi connectivity index (χ0n) is 23.3. The fourth-order valence-electron chi connectivity index (χ4n) is 6.23. The fraction of sp³-hybridized carbons (Fsp3) is 0.429. The Morgan fingerprint density at radius 1 is 1.20 bits per heavy atom. The molecule has 1 aromatic carbocycles. The third kappa shape index (κ3) is 6.52. The minimum absolute atomic E-state index is 0. The number of carboxylic acids is 1. The molecule has 2 bridgehead atoms. The van der Waals surface area contributed by atoms with Crippen LogP contribution in [0.2, 0.25) is 0 Å². The molecule has 0 aromatic heterocycles. The second kappa shape index (κ2) is 13.3. The van der Waals surface area contributed by atoms with Crippen molar-refractivity contribution in [1.82, 2.24) is 0 Å². The summed E-state index contributed by atoms with van der Waals surface area (Å²) in [5.41, 5.74) is -2.76. The maximum absolute atomic E-state index is 13.6. The molecule has 1 saturated carbocycles. The van der Waals surface area contributed by atoms with Gasteiger partial charge in [-0.05, 0) is 64.2 Å². The van der Waals surface area contributed by atoms with Gasteiger partial charge in [0, 0.05) is 41.8 Å². The Morgan fingerprint density at radius 3 is 2.44 bits per heavy atom. The first kappa shape index (κ1) is 34.8. The number of carbonyl (C=O) groups excluding carboxylic acids is 3. The average molecular weight is 613 g/mol. The van der Waals surface area contributed by atoms with E-state index >= 15 is 0 Å². The third-order valence-corrected chi connectivity index (χ3v) is 8.16. The second-order valence-corrected chi connectivity index (χ2v) is 10.4. The number of benzene rings is 1. The summed E-state index contributed by atoms with van der Waals surface area (Å²) < 4.78 is 11.9. The summed E-state index contributed by atoms with van der Waals surface area (Å²) in [5.74, 6) is -3.00. The molecular formula is C28H30ClKN2O9. The van der Waals surface area contributed by atoms with E-state index in [0.29, 0.717) is 24.1 Å². The van der Waals surface area contributed by atoms with Crippen molar-refractivity contribution in [3.63, 3.8) is 0 Å². The molecule has 214 valence electrons. The number of carboxylic acid groups (broad SMARTS) is 1. The van der Waals surface area contributed by atoms with Gasteiger partial charge in [-0.2, -0.15) is 0 Å². The summed E-state index contributed by atoms with van der Waals surface area (Å²) >= 11 is 0. The molecule has 1 saturated heterocycles. The number of aliphatic carboxylic acids is 1. The smallest absolute Gasteiger partial charge is 1.00 e. The van der Waals surface area contributed by atoms with Crippen molar-refractivity contribution in [3.05, 3.63) is 69.8 Å². The Morgan fingerprint density at radius 2 is 1.85 bits per heavy atom. The largest absolute Gasteiger partial charge is 1.00 e. The Balaban J connectivity index is 0.00000294. The molecule has 2 aliphatic carbocycles. The van der Waals surface area contributed by atoms with Gasteiger partial charge in [-0.15, -0.1) is 0 Å². The van der Waals surface area contributed by atoms with Crippen LogP contribution in [0.4, 0.5) is 11.4 Å².